The summed E-state index contributed by atoms with van der Waals surface area (Å²) >= 11 is 3.52. The van der Waals surface area contributed by atoms with Crippen LogP contribution in [0.5, 0.6) is 11.5 Å². The summed E-state index contributed by atoms with van der Waals surface area (Å²) in [5.41, 5.74) is 8.47. The van der Waals surface area contributed by atoms with Crippen molar-refractivity contribution < 1.29 is 4.74 Å². The highest BCUT2D eigenvalue weighted by molar-refractivity contribution is 9.10. The molecule has 0 spiro atoms. The number of anilines is 1. The highest BCUT2D eigenvalue weighted by Gasteiger charge is 2.07. The van der Waals surface area contributed by atoms with Crippen LogP contribution < -0.4 is 10.5 Å². The van der Waals surface area contributed by atoms with Gasteiger partial charge < -0.3 is 10.5 Å². The zero-order valence-corrected chi connectivity index (χ0v) is 12.5. The van der Waals surface area contributed by atoms with Gasteiger partial charge in [-0.2, -0.15) is 0 Å². The number of fused-ring (bicyclic) bond motifs is 1. The number of aromatic nitrogens is 1. The molecule has 0 saturated heterocycles. The fraction of sp³-hybridized carbons (Fsp3) is 0.0625. The van der Waals surface area contributed by atoms with Crippen LogP contribution in [0.15, 0.2) is 53.1 Å². The van der Waals surface area contributed by atoms with Gasteiger partial charge in [-0.25, -0.2) is 0 Å². The van der Waals surface area contributed by atoms with Crippen LogP contribution in [-0.4, -0.2) is 4.98 Å². The van der Waals surface area contributed by atoms with E-state index in [0.717, 1.165) is 26.9 Å². The number of ether oxygens (including phenoxy) is 1. The number of benzene rings is 2. The second-order valence-electron chi connectivity index (χ2n) is 4.62. The molecule has 0 saturated carbocycles. The Hall–Kier alpha value is -2.07. The number of aryl methyl sites for hydroxylation is 1. The molecule has 100 valence electrons. The lowest BCUT2D eigenvalue weighted by molar-refractivity contribution is 0.484. The number of nitrogens with two attached hydrogens (primary N) is 1. The zero-order valence-electron chi connectivity index (χ0n) is 10.9. The van der Waals surface area contributed by atoms with E-state index in [1.807, 2.05) is 49.4 Å². The Kier molecular flexibility index (Phi) is 3.32. The molecular weight excluding hydrogens is 316 g/mol. The third-order valence-electron chi connectivity index (χ3n) is 3.03. The minimum atomic E-state index is 0.693. The minimum Gasteiger partial charge on any atom is -0.455 e. The van der Waals surface area contributed by atoms with E-state index in [4.69, 9.17) is 10.5 Å². The smallest absolute Gasteiger partial charge is 0.141 e. The highest BCUT2D eigenvalue weighted by atomic mass is 79.9. The average Bonchev–Trinajstić information content (AvgIpc) is 2.41. The fourth-order valence-electron chi connectivity index (χ4n) is 2.03. The van der Waals surface area contributed by atoms with Crippen molar-refractivity contribution in [2.75, 3.05) is 5.73 Å². The maximum Gasteiger partial charge on any atom is 0.141 e. The average molecular weight is 329 g/mol. The predicted octanol–water partition coefficient (Wildman–Crippen LogP) is 4.68. The summed E-state index contributed by atoms with van der Waals surface area (Å²) in [5.74, 6) is 1.54. The molecular formula is C16H13BrN2O. The van der Waals surface area contributed by atoms with Crippen molar-refractivity contribution in [1.82, 2.24) is 4.98 Å². The van der Waals surface area contributed by atoms with Crippen LogP contribution >= 0.6 is 15.9 Å². The molecule has 2 N–H and O–H groups in total. The van der Waals surface area contributed by atoms with Crippen molar-refractivity contribution in [2.24, 2.45) is 0 Å². The molecule has 0 atom stereocenters. The van der Waals surface area contributed by atoms with Gasteiger partial charge in [0.15, 0.2) is 0 Å². The molecule has 0 bridgehead atoms. The number of nitrogen functional groups attached to an aromatic ring is 1. The van der Waals surface area contributed by atoms with Crippen LogP contribution in [0, 0.1) is 6.92 Å². The van der Waals surface area contributed by atoms with Gasteiger partial charge in [-0.3, -0.25) is 4.98 Å². The lowest BCUT2D eigenvalue weighted by Gasteiger charge is -2.10. The number of halogens is 1. The van der Waals surface area contributed by atoms with E-state index < -0.39 is 0 Å². The molecule has 1 heterocycles. The van der Waals surface area contributed by atoms with Crippen LogP contribution in [-0.2, 0) is 0 Å². The van der Waals surface area contributed by atoms with Crippen LogP contribution in [0.4, 0.5) is 5.69 Å². The molecule has 0 amide bonds. The SMILES string of the molecule is Cc1ccc(Oc2ccnc3cc(N)ccc23)c(Br)c1. The van der Waals surface area contributed by atoms with E-state index in [1.54, 1.807) is 6.20 Å². The standard InChI is InChI=1S/C16H13BrN2O/c1-10-2-5-16(13(17)8-10)20-15-6-7-19-14-9-11(18)3-4-12(14)15/h2-9H,18H2,1H3. The monoisotopic (exact) mass is 328 g/mol. The Bertz CT molecular complexity index is 787. The van der Waals surface area contributed by atoms with E-state index in [9.17, 15) is 0 Å². The van der Waals surface area contributed by atoms with Crippen molar-refractivity contribution >= 4 is 32.5 Å². The first-order chi connectivity index (χ1) is 9.63. The number of hydrogen-bond acceptors (Lipinski definition) is 3. The van der Waals surface area contributed by atoms with Gasteiger partial charge in [0.1, 0.15) is 11.5 Å². The highest BCUT2D eigenvalue weighted by Crippen LogP contribution is 2.34. The van der Waals surface area contributed by atoms with Crippen molar-refractivity contribution in [1.29, 1.82) is 0 Å². The van der Waals surface area contributed by atoms with Gasteiger partial charge in [-0.05, 0) is 64.8 Å². The molecule has 0 aliphatic carbocycles. The van der Waals surface area contributed by atoms with Gasteiger partial charge in [0.2, 0.25) is 0 Å². The Morgan fingerprint density at radius 3 is 2.70 bits per heavy atom. The maximum absolute atomic E-state index is 5.99. The van der Waals surface area contributed by atoms with E-state index in [0.29, 0.717) is 5.69 Å². The first-order valence-electron chi connectivity index (χ1n) is 6.22. The number of rotatable bonds is 2. The molecule has 0 unspecified atom stereocenters. The summed E-state index contributed by atoms with van der Waals surface area (Å²) in [6.07, 6.45) is 1.72. The molecule has 0 fully saturated rings. The van der Waals surface area contributed by atoms with Crippen molar-refractivity contribution in [3.63, 3.8) is 0 Å². The zero-order chi connectivity index (χ0) is 14.1. The third-order valence-corrected chi connectivity index (χ3v) is 3.65. The third kappa shape index (κ3) is 2.47. The lowest BCUT2D eigenvalue weighted by Crippen LogP contribution is -1.90. The van der Waals surface area contributed by atoms with Crippen molar-refractivity contribution in [2.45, 2.75) is 6.92 Å². The molecule has 20 heavy (non-hydrogen) atoms. The Morgan fingerprint density at radius 2 is 1.90 bits per heavy atom. The summed E-state index contributed by atoms with van der Waals surface area (Å²) in [7, 11) is 0. The topological polar surface area (TPSA) is 48.1 Å². The maximum atomic E-state index is 5.99. The van der Waals surface area contributed by atoms with Crippen LogP contribution in [0.3, 0.4) is 0 Å². The molecule has 0 radical (unpaired) electrons. The predicted molar refractivity (Wildman–Crippen MR) is 85.1 cm³/mol. The summed E-state index contributed by atoms with van der Waals surface area (Å²) < 4.78 is 6.92. The lowest BCUT2D eigenvalue weighted by atomic mass is 10.2. The largest absolute Gasteiger partial charge is 0.455 e. The minimum absolute atomic E-state index is 0.693. The first-order valence-corrected chi connectivity index (χ1v) is 7.01. The van der Waals surface area contributed by atoms with Gasteiger partial charge in [0, 0.05) is 17.3 Å². The molecule has 3 rings (SSSR count). The van der Waals surface area contributed by atoms with E-state index in [2.05, 4.69) is 20.9 Å². The van der Waals surface area contributed by atoms with Gasteiger partial charge >= 0.3 is 0 Å². The number of pyridine rings is 1. The Labute approximate surface area is 125 Å². The number of hydrogen-bond donors (Lipinski definition) is 1. The van der Waals surface area contributed by atoms with Crippen molar-refractivity contribution in [3.05, 3.63) is 58.7 Å². The first kappa shape index (κ1) is 12.9. The van der Waals surface area contributed by atoms with E-state index in [-0.39, 0.29) is 0 Å². The summed E-state index contributed by atoms with van der Waals surface area (Å²) in [6, 6.07) is 13.5. The second-order valence-corrected chi connectivity index (χ2v) is 5.48. The molecule has 2 aromatic carbocycles. The van der Waals surface area contributed by atoms with Gasteiger partial charge in [-0.1, -0.05) is 6.07 Å². The van der Waals surface area contributed by atoms with Crippen LogP contribution in [0.1, 0.15) is 5.56 Å². The molecule has 0 aliphatic rings. The van der Waals surface area contributed by atoms with E-state index in [1.165, 1.54) is 5.56 Å². The summed E-state index contributed by atoms with van der Waals surface area (Å²) in [6.45, 7) is 2.04. The Morgan fingerprint density at radius 1 is 1.05 bits per heavy atom. The molecule has 3 aromatic rings. The molecule has 3 nitrogen and oxygen atoms in total. The Balaban J connectivity index is 2.06. The molecule has 4 heteroatoms. The van der Waals surface area contributed by atoms with Crippen molar-refractivity contribution in [3.8, 4) is 11.5 Å². The fourth-order valence-corrected chi connectivity index (χ4v) is 2.61. The summed E-state index contributed by atoms with van der Waals surface area (Å²) in [5, 5.41) is 0.939. The quantitative estimate of drug-likeness (QED) is 0.695. The molecule has 0 aliphatic heterocycles. The van der Waals surface area contributed by atoms with E-state index >= 15 is 0 Å². The van der Waals surface area contributed by atoms with Gasteiger partial charge in [0.25, 0.3) is 0 Å². The second kappa shape index (κ2) is 5.13. The molecule has 1 aromatic heterocycles. The van der Waals surface area contributed by atoms with Crippen LogP contribution in [0.25, 0.3) is 10.9 Å². The van der Waals surface area contributed by atoms with Gasteiger partial charge in [-0.15, -0.1) is 0 Å². The van der Waals surface area contributed by atoms with Crippen LogP contribution in [0.2, 0.25) is 0 Å². The van der Waals surface area contributed by atoms with Gasteiger partial charge in [0.05, 0.1) is 9.99 Å². The number of nitrogens with zero attached hydrogens (tertiary/aromatic N) is 1. The normalized spacial score (nSPS) is 10.7. The summed E-state index contributed by atoms with van der Waals surface area (Å²) in [4.78, 5) is 4.31.